The van der Waals surface area contributed by atoms with Crippen molar-refractivity contribution in [1.29, 1.82) is 0 Å². The molecule has 0 fully saturated rings. The third kappa shape index (κ3) is 3.59. The number of benzene rings is 2. The SMILES string of the molecule is FC1=NCC(c2ccc(Br)cc2)=CC(c2ccc(Br)cc2)=N1. The molecule has 2 aromatic carbocycles. The fraction of sp³-hybridized carbons (Fsp3) is 0.0588. The minimum atomic E-state index is -0.693. The van der Waals surface area contributed by atoms with Gasteiger partial charge in [-0.3, -0.25) is 0 Å². The molecular formula is C17H11Br2FN2. The summed E-state index contributed by atoms with van der Waals surface area (Å²) in [5.74, 6) is 0. The smallest absolute Gasteiger partial charge is 0.236 e. The maximum atomic E-state index is 13.7. The molecule has 3 rings (SSSR count). The van der Waals surface area contributed by atoms with E-state index in [1.807, 2.05) is 54.6 Å². The molecule has 0 amide bonds. The number of aliphatic imine (C=N–C) groups is 2. The second kappa shape index (κ2) is 6.67. The zero-order valence-electron chi connectivity index (χ0n) is 11.4. The molecule has 0 saturated carbocycles. The van der Waals surface area contributed by atoms with Crippen molar-refractivity contribution in [2.75, 3.05) is 6.54 Å². The van der Waals surface area contributed by atoms with Gasteiger partial charge in [0.15, 0.2) is 0 Å². The van der Waals surface area contributed by atoms with E-state index in [1.165, 1.54) is 0 Å². The molecule has 0 radical (unpaired) electrons. The van der Waals surface area contributed by atoms with E-state index in [2.05, 4.69) is 41.8 Å². The van der Waals surface area contributed by atoms with Crippen molar-refractivity contribution >= 4 is 49.2 Å². The number of hydrogen-bond donors (Lipinski definition) is 0. The van der Waals surface area contributed by atoms with Crippen LogP contribution in [0.2, 0.25) is 0 Å². The van der Waals surface area contributed by atoms with Gasteiger partial charge in [0.25, 0.3) is 0 Å². The second-order valence-electron chi connectivity index (χ2n) is 4.77. The van der Waals surface area contributed by atoms with Crippen molar-refractivity contribution in [2.24, 2.45) is 9.98 Å². The van der Waals surface area contributed by atoms with E-state index in [4.69, 9.17) is 0 Å². The Labute approximate surface area is 144 Å². The third-order valence-electron chi connectivity index (χ3n) is 3.26. The van der Waals surface area contributed by atoms with Crippen LogP contribution in [-0.4, -0.2) is 18.3 Å². The van der Waals surface area contributed by atoms with E-state index in [0.29, 0.717) is 5.71 Å². The molecule has 0 aromatic heterocycles. The quantitative estimate of drug-likeness (QED) is 0.578. The zero-order chi connectivity index (χ0) is 15.5. The fourth-order valence-corrected chi connectivity index (χ4v) is 2.66. The molecule has 22 heavy (non-hydrogen) atoms. The van der Waals surface area contributed by atoms with Gasteiger partial charge in [-0.25, -0.2) is 9.98 Å². The molecule has 0 N–H and O–H groups in total. The Hall–Kier alpha value is -1.59. The molecule has 1 heterocycles. The summed E-state index contributed by atoms with van der Waals surface area (Å²) in [6.45, 7) is 0.275. The van der Waals surface area contributed by atoms with Gasteiger partial charge in [0.05, 0.1) is 12.3 Å². The lowest BCUT2D eigenvalue weighted by molar-refractivity contribution is 0.784. The minimum Gasteiger partial charge on any atom is -0.236 e. The summed E-state index contributed by atoms with van der Waals surface area (Å²) in [7, 11) is 0. The van der Waals surface area contributed by atoms with Crippen LogP contribution >= 0.6 is 31.9 Å². The molecule has 0 aliphatic carbocycles. The Morgan fingerprint density at radius 1 is 0.818 bits per heavy atom. The zero-order valence-corrected chi connectivity index (χ0v) is 14.6. The van der Waals surface area contributed by atoms with Crippen LogP contribution in [0.25, 0.3) is 5.57 Å². The number of rotatable bonds is 2. The molecular weight excluding hydrogens is 411 g/mol. The van der Waals surface area contributed by atoms with Crippen molar-refractivity contribution in [1.82, 2.24) is 0 Å². The number of halogens is 3. The lowest BCUT2D eigenvalue weighted by Crippen LogP contribution is -1.99. The highest BCUT2D eigenvalue weighted by atomic mass is 79.9. The molecule has 0 saturated heterocycles. The molecule has 110 valence electrons. The number of allylic oxidation sites excluding steroid dienone is 1. The van der Waals surface area contributed by atoms with Gasteiger partial charge >= 0.3 is 6.09 Å². The number of amidine groups is 1. The fourth-order valence-electron chi connectivity index (χ4n) is 2.14. The van der Waals surface area contributed by atoms with Crippen molar-refractivity contribution in [3.05, 3.63) is 74.7 Å². The summed E-state index contributed by atoms with van der Waals surface area (Å²) in [5, 5.41) is 0. The van der Waals surface area contributed by atoms with Crippen LogP contribution in [0.15, 0.2) is 73.5 Å². The topological polar surface area (TPSA) is 24.7 Å². The summed E-state index contributed by atoms with van der Waals surface area (Å²) in [5.41, 5.74) is 3.36. The molecule has 0 unspecified atom stereocenters. The van der Waals surface area contributed by atoms with E-state index in [9.17, 15) is 4.39 Å². The highest BCUT2D eigenvalue weighted by molar-refractivity contribution is 9.10. The van der Waals surface area contributed by atoms with Crippen LogP contribution in [0.5, 0.6) is 0 Å². The van der Waals surface area contributed by atoms with Crippen LogP contribution < -0.4 is 0 Å². The second-order valence-corrected chi connectivity index (χ2v) is 6.60. The standard InChI is InChI=1S/C17H11Br2FN2/c18-14-5-1-11(2-6-14)13-9-16(22-17(20)21-10-13)12-3-7-15(19)8-4-12/h1-9H,10H2. The van der Waals surface area contributed by atoms with Gasteiger partial charge in [-0.1, -0.05) is 56.1 Å². The summed E-state index contributed by atoms with van der Waals surface area (Å²) in [6, 6.07) is 15.5. The predicted octanol–water partition coefficient (Wildman–Crippen LogP) is 5.42. The summed E-state index contributed by atoms with van der Waals surface area (Å²) >= 11 is 6.81. The van der Waals surface area contributed by atoms with Crippen molar-refractivity contribution in [2.45, 2.75) is 0 Å². The maximum Gasteiger partial charge on any atom is 0.304 e. The lowest BCUT2D eigenvalue weighted by atomic mass is 10.0. The average molecular weight is 422 g/mol. The number of hydrogen-bond acceptors (Lipinski definition) is 2. The molecule has 1 aliphatic heterocycles. The Kier molecular flexibility index (Phi) is 4.64. The van der Waals surface area contributed by atoms with Crippen molar-refractivity contribution in [3.63, 3.8) is 0 Å². The van der Waals surface area contributed by atoms with Gasteiger partial charge in [0.1, 0.15) is 0 Å². The first-order valence-electron chi connectivity index (χ1n) is 6.63. The molecule has 1 aliphatic rings. The Balaban J connectivity index is 2.03. The molecule has 0 spiro atoms. The summed E-state index contributed by atoms with van der Waals surface area (Å²) in [4.78, 5) is 7.84. The third-order valence-corrected chi connectivity index (χ3v) is 4.32. The summed E-state index contributed by atoms with van der Waals surface area (Å²) < 4.78 is 15.7. The van der Waals surface area contributed by atoms with Gasteiger partial charge in [-0.2, -0.15) is 4.39 Å². The van der Waals surface area contributed by atoms with Gasteiger partial charge in [-0.15, -0.1) is 0 Å². The van der Waals surface area contributed by atoms with Gasteiger partial charge in [-0.05, 0) is 41.5 Å². The molecule has 5 heteroatoms. The van der Waals surface area contributed by atoms with Crippen molar-refractivity contribution < 1.29 is 4.39 Å². The highest BCUT2D eigenvalue weighted by Gasteiger charge is 2.11. The van der Waals surface area contributed by atoms with Gasteiger partial charge in [0, 0.05) is 14.5 Å². The Bertz CT molecular complexity index is 775. The first-order chi connectivity index (χ1) is 10.6. The van der Waals surface area contributed by atoms with E-state index in [-0.39, 0.29) is 6.54 Å². The molecule has 0 atom stereocenters. The Morgan fingerprint density at radius 3 is 1.95 bits per heavy atom. The molecule has 2 aromatic rings. The first kappa shape index (κ1) is 15.3. The van der Waals surface area contributed by atoms with Gasteiger partial charge < -0.3 is 0 Å². The van der Waals surface area contributed by atoms with E-state index < -0.39 is 6.09 Å². The predicted molar refractivity (Wildman–Crippen MR) is 96.2 cm³/mol. The summed E-state index contributed by atoms with van der Waals surface area (Å²) in [6.07, 6.45) is 1.20. The van der Waals surface area contributed by atoms with Crippen molar-refractivity contribution in [3.8, 4) is 0 Å². The van der Waals surface area contributed by atoms with Crippen LogP contribution in [0.1, 0.15) is 11.1 Å². The van der Waals surface area contributed by atoms with E-state index >= 15 is 0 Å². The molecule has 2 nitrogen and oxygen atoms in total. The monoisotopic (exact) mass is 420 g/mol. The first-order valence-corrected chi connectivity index (χ1v) is 8.21. The number of nitrogens with zero attached hydrogens (tertiary/aromatic N) is 2. The van der Waals surface area contributed by atoms with E-state index in [0.717, 1.165) is 25.6 Å². The maximum absolute atomic E-state index is 13.7. The van der Waals surface area contributed by atoms with Crippen LogP contribution in [0, 0.1) is 0 Å². The Morgan fingerprint density at radius 2 is 1.36 bits per heavy atom. The van der Waals surface area contributed by atoms with Gasteiger partial charge in [0.2, 0.25) is 0 Å². The van der Waals surface area contributed by atoms with Crippen LogP contribution in [-0.2, 0) is 0 Å². The average Bonchev–Trinajstić information content (AvgIpc) is 2.71. The van der Waals surface area contributed by atoms with Crippen LogP contribution in [0.3, 0.4) is 0 Å². The van der Waals surface area contributed by atoms with Crippen LogP contribution in [0.4, 0.5) is 4.39 Å². The largest absolute Gasteiger partial charge is 0.304 e. The lowest BCUT2D eigenvalue weighted by Gasteiger charge is -2.06. The highest BCUT2D eigenvalue weighted by Crippen LogP contribution is 2.22. The minimum absolute atomic E-state index is 0.275. The van der Waals surface area contributed by atoms with E-state index in [1.54, 1.807) is 0 Å². The molecule has 0 bridgehead atoms. The normalized spacial score (nSPS) is 14.8.